The third kappa shape index (κ3) is 5.13. The Balaban J connectivity index is 1.63. The lowest BCUT2D eigenvalue weighted by Gasteiger charge is -2.13. The van der Waals surface area contributed by atoms with Crippen LogP contribution in [0.25, 0.3) is 22.4 Å². The first-order chi connectivity index (χ1) is 17.2. The number of nitriles is 1. The molecule has 0 radical (unpaired) electrons. The average molecular weight is 509 g/mol. The molecule has 4 rings (SSSR count). The maximum atomic E-state index is 12.9. The summed E-state index contributed by atoms with van der Waals surface area (Å²) in [5, 5.41) is 35.6. The van der Waals surface area contributed by atoms with Gasteiger partial charge in [-0.05, 0) is 55.8 Å². The molecule has 11 nitrogen and oxygen atoms in total. The Morgan fingerprint density at radius 3 is 2.50 bits per heavy atom. The van der Waals surface area contributed by atoms with Gasteiger partial charge in [0.15, 0.2) is 11.5 Å². The van der Waals surface area contributed by atoms with E-state index < -0.39 is 15.9 Å². The van der Waals surface area contributed by atoms with Crippen molar-refractivity contribution < 1.29 is 23.4 Å². The zero-order valence-corrected chi connectivity index (χ0v) is 20.4. The standard InChI is InChI=1S/C24H24N6O5S/c1-14-3-4-18(10-25)20(9-14)36(33,34)30-19-7-5-17(6-8-19)22-26-23-21(15(2)28-29-23)24(27-22)35-13-16(11-31)12-32/h3-9,16,30-32H,11-13H2,1-2H3,(H,26,27,28,29). The number of aromatic nitrogens is 4. The molecule has 0 fully saturated rings. The second-order valence-corrected chi connectivity index (χ2v) is 9.89. The van der Waals surface area contributed by atoms with Crippen molar-refractivity contribution >= 4 is 26.7 Å². The Kier molecular flexibility index (Phi) is 7.16. The molecule has 2 aromatic heterocycles. The van der Waals surface area contributed by atoms with Gasteiger partial charge in [0.1, 0.15) is 16.4 Å². The first kappa shape index (κ1) is 25.1. The van der Waals surface area contributed by atoms with E-state index in [1.165, 1.54) is 12.1 Å². The number of hydrogen-bond donors (Lipinski definition) is 4. The lowest BCUT2D eigenvalue weighted by atomic mass is 10.2. The van der Waals surface area contributed by atoms with Gasteiger partial charge in [0.25, 0.3) is 10.0 Å². The zero-order chi connectivity index (χ0) is 25.9. The van der Waals surface area contributed by atoms with Gasteiger partial charge < -0.3 is 14.9 Å². The highest BCUT2D eigenvalue weighted by Crippen LogP contribution is 2.29. The van der Waals surface area contributed by atoms with Gasteiger partial charge in [-0.15, -0.1) is 0 Å². The lowest BCUT2D eigenvalue weighted by Crippen LogP contribution is -2.20. The molecule has 186 valence electrons. The Labute approximate surface area is 207 Å². The van der Waals surface area contributed by atoms with Gasteiger partial charge in [-0.2, -0.15) is 15.3 Å². The fraction of sp³-hybridized carbons (Fsp3) is 0.250. The molecule has 2 aromatic carbocycles. The van der Waals surface area contributed by atoms with E-state index in [-0.39, 0.29) is 36.2 Å². The number of rotatable bonds is 9. The summed E-state index contributed by atoms with van der Waals surface area (Å²) >= 11 is 0. The van der Waals surface area contributed by atoms with Crippen molar-refractivity contribution in [2.45, 2.75) is 18.7 Å². The number of aliphatic hydroxyl groups is 2. The molecule has 0 aliphatic heterocycles. The van der Waals surface area contributed by atoms with Crippen LogP contribution in [-0.2, 0) is 10.0 Å². The van der Waals surface area contributed by atoms with Crippen molar-refractivity contribution in [1.29, 1.82) is 5.26 Å². The quantitative estimate of drug-likeness (QED) is 0.264. The number of aryl methyl sites for hydroxylation is 2. The second-order valence-electron chi connectivity index (χ2n) is 8.24. The predicted octanol–water partition coefficient (Wildman–Crippen LogP) is 2.29. The molecular formula is C24H24N6O5S. The van der Waals surface area contributed by atoms with E-state index >= 15 is 0 Å². The number of nitrogens with zero attached hydrogens (tertiary/aromatic N) is 4. The van der Waals surface area contributed by atoms with E-state index in [0.717, 1.165) is 0 Å². The molecular weight excluding hydrogens is 484 g/mol. The Morgan fingerprint density at radius 2 is 1.83 bits per heavy atom. The molecule has 4 aromatic rings. The van der Waals surface area contributed by atoms with Crippen molar-refractivity contribution in [2.24, 2.45) is 5.92 Å². The van der Waals surface area contributed by atoms with Crippen molar-refractivity contribution in [2.75, 3.05) is 24.5 Å². The van der Waals surface area contributed by atoms with Crippen molar-refractivity contribution in [3.05, 3.63) is 59.3 Å². The van der Waals surface area contributed by atoms with Crippen LogP contribution in [0.4, 0.5) is 5.69 Å². The Bertz CT molecular complexity index is 1540. The number of ether oxygens (including phenoxy) is 1. The molecule has 0 atom stereocenters. The number of aliphatic hydroxyl groups excluding tert-OH is 2. The lowest BCUT2D eigenvalue weighted by molar-refractivity contribution is 0.105. The average Bonchev–Trinajstić information content (AvgIpc) is 3.25. The van der Waals surface area contributed by atoms with Gasteiger partial charge in [-0.1, -0.05) is 6.07 Å². The predicted molar refractivity (Wildman–Crippen MR) is 132 cm³/mol. The number of hydrogen-bond acceptors (Lipinski definition) is 9. The maximum Gasteiger partial charge on any atom is 0.263 e. The molecule has 0 spiro atoms. The first-order valence-corrected chi connectivity index (χ1v) is 12.4. The third-order valence-corrected chi connectivity index (χ3v) is 6.90. The van der Waals surface area contributed by atoms with E-state index in [2.05, 4.69) is 24.9 Å². The fourth-order valence-electron chi connectivity index (χ4n) is 3.47. The summed E-state index contributed by atoms with van der Waals surface area (Å²) in [6.45, 7) is 3.12. The first-order valence-electron chi connectivity index (χ1n) is 11.0. The highest BCUT2D eigenvalue weighted by molar-refractivity contribution is 7.92. The van der Waals surface area contributed by atoms with Crippen molar-refractivity contribution in [1.82, 2.24) is 20.2 Å². The molecule has 0 bridgehead atoms. The van der Waals surface area contributed by atoms with E-state index in [4.69, 9.17) is 4.74 Å². The Hall–Kier alpha value is -4.05. The molecule has 0 amide bonds. The summed E-state index contributed by atoms with van der Waals surface area (Å²) in [4.78, 5) is 8.87. The largest absolute Gasteiger partial charge is 0.477 e. The number of nitrogens with one attached hydrogen (secondary N) is 2. The van der Waals surface area contributed by atoms with Gasteiger partial charge in [0.05, 0.1) is 25.4 Å². The topological polar surface area (TPSA) is 174 Å². The van der Waals surface area contributed by atoms with E-state index in [0.29, 0.717) is 39.4 Å². The highest BCUT2D eigenvalue weighted by atomic mass is 32.2. The number of anilines is 1. The highest BCUT2D eigenvalue weighted by Gasteiger charge is 2.20. The third-order valence-electron chi connectivity index (χ3n) is 5.48. The van der Waals surface area contributed by atoms with Crippen LogP contribution in [0, 0.1) is 31.1 Å². The molecule has 0 aliphatic carbocycles. The number of H-pyrrole nitrogens is 1. The van der Waals surface area contributed by atoms with Crippen LogP contribution in [0.3, 0.4) is 0 Å². The molecule has 0 saturated heterocycles. The van der Waals surface area contributed by atoms with E-state index in [9.17, 15) is 23.9 Å². The number of fused-ring (bicyclic) bond motifs is 1. The summed E-state index contributed by atoms with van der Waals surface area (Å²) in [6, 6.07) is 12.9. The maximum absolute atomic E-state index is 12.9. The molecule has 12 heteroatoms. The van der Waals surface area contributed by atoms with Crippen molar-refractivity contribution in [3.63, 3.8) is 0 Å². The molecule has 4 N–H and O–H groups in total. The second kappa shape index (κ2) is 10.3. The fourth-order valence-corrected chi connectivity index (χ4v) is 4.77. The summed E-state index contributed by atoms with van der Waals surface area (Å²) in [7, 11) is -3.99. The van der Waals surface area contributed by atoms with E-state index in [1.54, 1.807) is 44.2 Å². The van der Waals surface area contributed by atoms with Crippen LogP contribution in [0.1, 0.15) is 16.8 Å². The molecule has 36 heavy (non-hydrogen) atoms. The smallest absolute Gasteiger partial charge is 0.263 e. The van der Waals surface area contributed by atoms with Gasteiger partial charge in [-0.3, -0.25) is 9.82 Å². The van der Waals surface area contributed by atoms with Crippen LogP contribution in [0.5, 0.6) is 5.88 Å². The number of aromatic amines is 1. The van der Waals surface area contributed by atoms with Crippen LogP contribution in [0.15, 0.2) is 47.4 Å². The minimum absolute atomic E-state index is 0.0491. The number of sulfonamides is 1. The van der Waals surface area contributed by atoms with Crippen LogP contribution in [0.2, 0.25) is 0 Å². The van der Waals surface area contributed by atoms with Gasteiger partial charge in [-0.25, -0.2) is 13.4 Å². The minimum atomic E-state index is -3.99. The molecule has 0 saturated carbocycles. The number of benzene rings is 2. The summed E-state index contributed by atoms with van der Waals surface area (Å²) in [5.74, 6) is 0.0859. The normalized spacial score (nSPS) is 11.6. The summed E-state index contributed by atoms with van der Waals surface area (Å²) in [5.41, 5.74) is 2.73. The molecule has 2 heterocycles. The molecule has 0 unspecified atom stereocenters. The molecule has 0 aliphatic rings. The van der Waals surface area contributed by atoms with E-state index in [1.807, 2.05) is 6.07 Å². The van der Waals surface area contributed by atoms with Crippen LogP contribution in [-0.4, -0.2) is 58.6 Å². The summed E-state index contributed by atoms with van der Waals surface area (Å²) < 4.78 is 34.1. The van der Waals surface area contributed by atoms with Crippen molar-refractivity contribution in [3.8, 4) is 23.3 Å². The minimum Gasteiger partial charge on any atom is -0.477 e. The Morgan fingerprint density at radius 1 is 1.11 bits per heavy atom. The zero-order valence-electron chi connectivity index (χ0n) is 19.6. The SMILES string of the molecule is Cc1ccc(C#N)c(S(=O)(=O)Nc2ccc(-c3nc(OCC(CO)CO)c4c(C)[nH]nc4n3)cc2)c1. The van der Waals surface area contributed by atoms with Crippen LogP contribution >= 0.6 is 0 Å². The van der Waals surface area contributed by atoms with Crippen LogP contribution < -0.4 is 9.46 Å². The monoisotopic (exact) mass is 508 g/mol. The van der Waals surface area contributed by atoms with Gasteiger partial charge in [0, 0.05) is 22.9 Å². The summed E-state index contributed by atoms with van der Waals surface area (Å²) in [6.07, 6.45) is 0. The van der Waals surface area contributed by atoms with Gasteiger partial charge >= 0.3 is 0 Å². The van der Waals surface area contributed by atoms with Gasteiger partial charge in [0.2, 0.25) is 5.88 Å².